The predicted octanol–water partition coefficient (Wildman–Crippen LogP) is 12.0. The van der Waals surface area contributed by atoms with Gasteiger partial charge in [-0.1, -0.05) is 139 Å². The van der Waals surface area contributed by atoms with Crippen molar-refractivity contribution in [2.45, 2.75) is 0 Å². The van der Waals surface area contributed by atoms with Crippen molar-refractivity contribution in [1.29, 1.82) is 0 Å². The van der Waals surface area contributed by atoms with Crippen LogP contribution < -0.4 is 0 Å². The van der Waals surface area contributed by atoms with Gasteiger partial charge in [-0.2, -0.15) is 0 Å². The van der Waals surface area contributed by atoms with Gasteiger partial charge in [-0.15, -0.1) is 0 Å². The molecule has 0 radical (unpaired) electrons. The van der Waals surface area contributed by atoms with Crippen molar-refractivity contribution in [3.8, 4) is 20.9 Å². The van der Waals surface area contributed by atoms with Crippen molar-refractivity contribution in [3.63, 3.8) is 0 Å². The summed E-state index contributed by atoms with van der Waals surface area (Å²) in [7, 11) is 0. The van der Waals surface area contributed by atoms with Crippen LogP contribution in [0.3, 0.4) is 0 Å². The van der Waals surface area contributed by atoms with Crippen LogP contribution in [-0.4, -0.2) is 0 Å². The molecule has 6 aromatic rings. The van der Waals surface area contributed by atoms with Gasteiger partial charge in [-0.25, -0.2) is 0 Å². The van der Waals surface area contributed by atoms with E-state index in [0.717, 1.165) is 0 Å². The third-order valence-corrected chi connectivity index (χ3v) is 9.75. The van der Waals surface area contributed by atoms with Gasteiger partial charge in [0.05, 0.1) is 0 Å². The summed E-state index contributed by atoms with van der Waals surface area (Å²) < 4.78 is 0. The lowest BCUT2D eigenvalue weighted by Gasteiger charge is -2.20. The Morgan fingerprint density at radius 1 is 0.395 bits per heavy atom. The molecule has 0 nitrogen and oxygen atoms in total. The van der Waals surface area contributed by atoms with E-state index in [9.17, 15) is 0 Å². The molecule has 0 unspecified atom stereocenters. The van der Waals surface area contributed by atoms with Crippen molar-refractivity contribution in [3.05, 3.63) is 204 Å². The predicted molar refractivity (Wildman–Crippen MR) is 188 cm³/mol. The topological polar surface area (TPSA) is 0 Å². The van der Waals surface area contributed by atoms with E-state index < -0.39 is 0 Å². The fourth-order valence-corrected chi connectivity index (χ4v) is 7.61. The number of thioether (sulfide) groups is 1. The van der Waals surface area contributed by atoms with E-state index in [2.05, 4.69) is 176 Å². The first-order valence-corrected chi connectivity index (χ1v) is 16.1. The van der Waals surface area contributed by atoms with Crippen molar-refractivity contribution in [1.82, 2.24) is 0 Å². The first-order chi connectivity index (χ1) is 21.3. The molecule has 0 N–H and O–H groups in total. The lowest BCUT2D eigenvalue weighted by atomic mass is 9.91. The Morgan fingerprint density at radius 2 is 0.767 bits per heavy atom. The van der Waals surface area contributed by atoms with Crippen molar-refractivity contribution in [2.24, 2.45) is 0 Å². The second-order valence-electron chi connectivity index (χ2n) is 10.4. The molecule has 5 aromatic carbocycles. The molecule has 0 atom stereocenters. The van der Waals surface area contributed by atoms with E-state index >= 15 is 0 Å². The van der Waals surface area contributed by atoms with Crippen molar-refractivity contribution < 1.29 is 0 Å². The molecule has 0 aliphatic carbocycles. The SMILES string of the molecule is C1=C(c2ccccc2)SC(c2ccccc2)=CC1=C(c1ccccc1)c1cc(-c2ccccc2)[s+]c(-c2ccccc2)c1. The molecule has 0 saturated heterocycles. The second-order valence-corrected chi connectivity index (χ2v) is 12.5. The normalized spacial score (nSPS) is 12.8. The molecule has 2 heterocycles. The quantitative estimate of drug-likeness (QED) is 0.175. The van der Waals surface area contributed by atoms with Crippen LogP contribution in [0, 0.1) is 0 Å². The summed E-state index contributed by atoms with van der Waals surface area (Å²) in [6.07, 6.45) is 4.74. The van der Waals surface area contributed by atoms with Gasteiger partial charge in [0, 0.05) is 33.1 Å². The van der Waals surface area contributed by atoms with Crippen LogP contribution in [0.1, 0.15) is 22.3 Å². The smallest absolute Gasteiger partial charge is 0.0888 e. The number of hydrogen-bond acceptors (Lipinski definition) is 1. The van der Waals surface area contributed by atoms with Gasteiger partial charge in [0.2, 0.25) is 21.1 Å². The molecule has 204 valence electrons. The minimum Gasteiger partial charge on any atom is -0.0888 e. The summed E-state index contributed by atoms with van der Waals surface area (Å²) in [5.74, 6) is 0. The lowest BCUT2D eigenvalue weighted by Crippen LogP contribution is -1.98. The van der Waals surface area contributed by atoms with Crippen LogP contribution >= 0.6 is 23.1 Å². The van der Waals surface area contributed by atoms with E-state index in [0.29, 0.717) is 0 Å². The molecule has 0 amide bonds. The van der Waals surface area contributed by atoms with Crippen LogP contribution in [-0.2, 0) is 0 Å². The van der Waals surface area contributed by atoms with Crippen molar-refractivity contribution >= 4 is 38.5 Å². The minimum absolute atomic E-state index is 1.20. The fraction of sp³-hybridized carbons (Fsp3) is 0. The third-order valence-electron chi connectivity index (χ3n) is 7.46. The van der Waals surface area contributed by atoms with Gasteiger partial charge in [-0.3, -0.25) is 0 Å². The third kappa shape index (κ3) is 6.08. The Balaban J connectivity index is 1.53. The molecular formula is C41H29S2+. The van der Waals surface area contributed by atoms with Gasteiger partial charge in [-0.05, 0) is 69.8 Å². The van der Waals surface area contributed by atoms with Crippen LogP contribution in [0.5, 0.6) is 0 Å². The highest BCUT2D eigenvalue weighted by Gasteiger charge is 2.23. The number of benzene rings is 5. The van der Waals surface area contributed by atoms with E-state index in [-0.39, 0.29) is 0 Å². The fourth-order valence-electron chi connectivity index (χ4n) is 5.38. The zero-order valence-corrected chi connectivity index (χ0v) is 25.2. The van der Waals surface area contributed by atoms with Gasteiger partial charge in [0.1, 0.15) is 0 Å². The zero-order chi connectivity index (χ0) is 28.8. The Bertz CT molecular complexity index is 1820. The van der Waals surface area contributed by atoms with Gasteiger partial charge < -0.3 is 0 Å². The minimum atomic E-state index is 1.20. The monoisotopic (exact) mass is 585 g/mol. The second kappa shape index (κ2) is 12.6. The van der Waals surface area contributed by atoms with E-state index in [1.807, 2.05) is 23.1 Å². The lowest BCUT2D eigenvalue weighted by molar-refractivity contribution is 1.52. The Hall–Kier alpha value is -4.76. The largest absolute Gasteiger partial charge is 0.239 e. The highest BCUT2D eigenvalue weighted by molar-refractivity contribution is 8.16. The van der Waals surface area contributed by atoms with E-state index in [4.69, 9.17) is 0 Å². The summed E-state index contributed by atoms with van der Waals surface area (Å²) in [4.78, 5) is 4.98. The van der Waals surface area contributed by atoms with E-state index in [1.165, 1.54) is 64.1 Å². The molecule has 7 rings (SSSR count). The first kappa shape index (κ1) is 27.1. The molecule has 0 spiro atoms. The zero-order valence-electron chi connectivity index (χ0n) is 23.6. The van der Waals surface area contributed by atoms with Gasteiger partial charge >= 0.3 is 0 Å². The maximum absolute atomic E-state index is 2.37. The highest BCUT2D eigenvalue weighted by Crippen LogP contribution is 2.47. The van der Waals surface area contributed by atoms with Crippen molar-refractivity contribution in [2.75, 3.05) is 0 Å². The molecule has 0 saturated carbocycles. The maximum atomic E-state index is 2.37. The summed E-state index contributed by atoms with van der Waals surface area (Å²) in [6, 6.07) is 58.5. The average Bonchev–Trinajstić information content (AvgIpc) is 3.10. The molecular weight excluding hydrogens is 557 g/mol. The summed E-state index contributed by atoms with van der Waals surface area (Å²) in [5, 5.41) is 0. The summed E-state index contributed by atoms with van der Waals surface area (Å²) in [5.41, 5.74) is 9.74. The van der Waals surface area contributed by atoms with Gasteiger partial charge in [0.25, 0.3) is 0 Å². The van der Waals surface area contributed by atoms with Crippen LogP contribution in [0.2, 0.25) is 0 Å². The van der Waals surface area contributed by atoms with Crippen LogP contribution in [0.4, 0.5) is 0 Å². The molecule has 0 bridgehead atoms. The molecule has 1 aromatic heterocycles. The first-order valence-electron chi connectivity index (χ1n) is 14.4. The molecule has 2 heteroatoms. The standard InChI is InChI=1S/C41H29S2/c1-6-16-30(17-7-1)37-26-35(27-38(42-37)31-18-8-2-9-19-31)41(34-24-14-5-15-25-34)36-28-39(32-20-10-3-11-21-32)43-40(29-36)33-22-12-4-13-23-33/h1-29H/q+1. The Labute approximate surface area is 262 Å². The average molecular weight is 586 g/mol. The highest BCUT2D eigenvalue weighted by atomic mass is 32.2. The maximum Gasteiger partial charge on any atom is 0.239 e. The number of hydrogen-bond donors (Lipinski definition) is 0. The Kier molecular flexibility index (Phi) is 7.96. The van der Waals surface area contributed by atoms with Crippen LogP contribution in [0.25, 0.3) is 36.3 Å². The Morgan fingerprint density at radius 3 is 1.19 bits per heavy atom. The van der Waals surface area contributed by atoms with Crippen LogP contribution in [0.15, 0.2) is 182 Å². The summed E-state index contributed by atoms with van der Waals surface area (Å²) in [6.45, 7) is 0. The molecule has 1 aliphatic rings. The number of allylic oxidation sites excluding steroid dienone is 3. The molecule has 43 heavy (non-hydrogen) atoms. The number of rotatable bonds is 6. The summed E-state index contributed by atoms with van der Waals surface area (Å²) >= 11 is 3.68. The van der Waals surface area contributed by atoms with E-state index in [1.54, 1.807) is 0 Å². The molecule has 1 aliphatic heterocycles. The van der Waals surface area contributed by atoms with Gasteiger partial charge in [0.15, 0.2) is 0 Å². The molecule has 0 fully saturated rings.